The molecule has 182 valence electrons. The van der Waals surface area contributed by atoms with Crippen molar-refractivity contribution >= 4 is 35.0 Å². The molecule has 12 heteroatoms. The summed E-state index contributed by atoms with van der Waals surface area (Å²) in [7, 11) is 5.75. The van der Waals surface area contributed by atoms with E-state index in [9.17, 15) is 24.6 Å². The van der Waals surface area contributed by atoms with Crippen molar-refractivity contribution < 1.29 is 38.6 Å². The number of aliphatic hydroxyl groups is 2. The molecular formula is C22H28N5O7+. The van der Waals surface area contributed by atoms with Gasteiger partial charge in [0.2, 0.25) is 11.9 Å². The first kappa shape index (κ1) is 25.0. The molecule has 1 fully saturated rings. The maximum atomic E-state index is 12.0. The quantitative estimate of drug-likeness (QED) is 0.217. The molecule has 2 N–H and O–H groups in total. The van der Waals surface area contributed by atoms with E-state index in [1.54, 1.807) is 4.57 Å². The van der Waals surface area contributed by atoms with Gasteiger partial charge in [-0.3, -0.25) is 9.59 Å². The zero-order chi connectivity index (χ0) is 24.8. The summed E-state index contributed by atoms with van der Waals surface area (Å²) < 4.78 is 13.2. The number of cyclic esters (lactones) is 1. The summed E-state index contributed by atoms with van der Waals surface area (Å²) in [5.41, 5.74) is 1.76. The van der Waals surface area contributed by atoms with Crippen LogP contribution in [0.1, 0.15) is 12.8 Å². The summed E-state index contributed by atoms with van der Waals surface area (Å²) >= 11 is 0. The number of anilines is 1. The second-order valence-corrected chi connectivity index (χ2v) is 8.03. The first-order chi connectivity index (χ1) is 16.2. The molecular weight excluding hydrogens is 446 g/mol. The normalized spacial score (nSPS) is 18.9. The van der Waals surface area contributed by atoms with Gasteiger partial charge in [0.15, 0.2) is 6.10 Å². The van der Waals surface area contributed by atoms with E-state index in [0.717, 1.165) is 5.69 Å². The zero-order valence-corrected chi connectivity index (χ0v) is 19.2. The van der Waals surface area contributed by atoms with Crippen molar-refractivity contribution in [2.45, 2.75) is 37.7 Å². The Morgan fingerprint density at radius 1 is 1.26 bits per heavy atom. The molecule has 2 aromatic rings. The van der Waals surface area contributed by atoms with Crippen molar-refractivity contribution in [2.24, 2.45) is 17.3 Å². The molecule has 0 aliphatic carbocycles. The largest absolute Gasteiger partial charge is 0.463 e. The van der Waals surface area contributed by atoms with E-state index in [1.165, 1.54) is 0 Å². The Morgan fingerprint density at radius 3 is 2.59 bits per heavy atom. The molecule has 3 atom stereocenters. The number of ether oxygens (including phenoxy) is 2. The SMILES string of the molecule is CN(C)c1ccc(N=Nc2n(CCCC(=O)OCC(O)C3OC(=O)C(O)C3=O)cc[n+]2C)cc1. The number of esters is 2. The third-order valence-corrected chi connectivity index (χ3v) is 5.22. The predicted octanol–water partition coefficient (Wildman–Crippen LogP) is 0.334. The molecule has 0 spiro atoms. The number of aryl methyl sites for hydroxylation is 2. The Labute approximate surface area is 196 Å². The van der Waals surface area contributed by atoms with Crippen LogP contribution in [0.4, 0.5) is 17.3 Å². The molecule has 1 aromatic heterocycles. The third kappa shape index (κ3) is 6.02. The standard InChI is InChI=1S/C22H28N5O7/c1-25(2)15-8-6-14(7-9-15)23-24-22-26(3)11-12-27(22)10-4-5-17(29)33-13-16(28)20-18(30)19(31)21(32)34-20/h6-9,11-12,16,19-20,28,31H,4-5,10,13H2,1-3H3/q+1. The van der Waals surface area contributed by atoms with Gasteiger partial charge in [-0.25, -0.2) is 13.9 Å². The Kier molecular flexibility index (Phi) is 8.08. The molecule has 0 amide bonds. The maximum Gasteiger partial charge on any atom is 0.421 e. The van der Waals surface area contributed by atoms with Crippen LogP contribution >= 0.6 is 0 Å². The summed E-state index contributed by atoms with van der Waals surface area (Å²) in [6.45, 7) is -0.0584. The summed E-state index contributed by atoms with van der Waals surface area (Å²) in [6.07, 6.45) is -0.863. The van der Waals surface area contributed by atoms with Crippen molar-refractivity contribution in [1.82, 2.24) is 4.57 Å². The molecule has 34 heavy (non-hydrogen) atoms. The highest BCUT2D eigenvalue weighted by molar-refractivity contribution is 6.09. The average Bonchev–Trinajstić information content (AvgIpc) is 3.29. The number of benzene rings is 1. The molecule has 1 saturated heterocycles. The highest BCUT2D eigenvalue weighted by Crippen LogP contribution is 2.20. The smallest absolute Gasteiger partial charge is 0.421 e. The van der Waals surface area contributed by atoms with Crippen LogP contribution in [-0.4, -0.2) is 71.5 Å². The van der Waals surface area contributed by atoms with Crippen molar-refractivity contribution in [3.05, 3.63) is 36.7 Å². The minimum atomic E-state index is -1.91. The lowest BCUT2D eigenvalue weighted by atomic mass is 10.1. The van der Waals surface area contributed by atoms with E-state index in [2.05, 4.69) is 15.0 Å². The van der Waals surface area contributed by atoms with E-state index in [0.29, 0.717) is 24.6 Å². The second-order valence-electron chi connectivity index (χ2n) is 8.03. The molecule has 0 bridgehead atoms. The number of hydrogen-bond donors (Lipinski definition) is 2. The molecule has 12 nitrogen and oxygen atoms in total. The Morgan fingerprint density at radius 2 is 1.97 bits per heavy atom. The number of azo groups is 1. The van der Waals surface area contributed by atoms with Gasteiger partial charge in [-0.1, -0.05) is 5.11 Å². The third-order valence-electron chi connectivity index (χ3n) is 5.22. The van der Waals surface area contributed by atoms with Crippen LogP contribution in [0.15, 0.2) is 46.9 Å². The fraction of sp³-hybridized carbons (Fsp3) is 0.455. The number of ketones is 1. The molecule has 3 unspecified atom stereocenters. The second kappa shape index (κ2) is 11.0. The van der Waals surface area contributed by atoms with Crippen LogP contribution < -0.4 is 9.47 Å². The highest BCUT2D eigenvalue weighted by atomic mass is 16.6. The minimum absolute atomic E-state index is 0.0538. The van der Waals surface area contributed by atoms with Gasteiger partial charge in [-0.2, -0.15) is 0 Å². The van der Waals surface area contributed by atoms with Gasteiger partial charge in [0.1, 0.15) is 18.4 Å². The summed E-state index contributed by atoms with van der Waals surface area (Å²) in [5, 5.41) is 27.8. The summed E-state index contributed by atoms with van der Waals surface area (Å²) in [4.78, 5) is 36.8. The number of carbonyl (C=O) groups is 3. The lowest BCUT2D eigenvalue weighted by molar-refractivity contribution is -0.657. The van der Waals surface area contributed by atoms with Crippen LogP contribution in [0, 0.1) is 0 Å². The van der Waals surface area contributed by atoms with Gasteiger partial charge >= 0.3 is 17.9 Å². The minimum Gasteiger partial charge on any atom is -0.463 e. The Hall–Kier alpha value is -3.64. The summed E-state index contributed by atoms with van der Waals surface area (Å²) in [5.74, 6) is -2.07. The number of aliphatic hydroxyl groups excluding tert-OH is 2. The first-order valence-corrected chi connectivity index (χ1v) is 10.7. The van der Waals surface area contributed by atoms with Crippen LogP contribution in [0.25, 0.3) is 0 Å². The Bertz CT molecular complexity index is 1060. The van der Waals surface area contributed by atoms with Gasteiger partial charge in [0.25, 0.3) is 0 Å². The molecule has 0 saturated carbocycles. The van der Waals surface area contributed by atoms with Gasteiger partial charge in [0.05, 0.1) is 26.0 Å². The van der Waals surface area contributed by atoms with Crippen molar-refractivity contribution in [2.75, 3.05) is 25.6 Å². The fourth-order valence-corrected chi connectivity index (χ4v) is 3.26. The molecule has 3 rings (SSSR count). The molecule has 1 aliphatic rings. The lowest BCUT2D eigenvalue weighted by Gasteiger charge is -2.15. The maximum absolute atomic E-state index is 12.0. The van der Waals surface area contributed by atoms with E-state index in [1.807, 2.05) is 67.3 Å². The van der Waals surface area contributed by atoms with Gasteiger partial charge in [-0.05, 0) is 30.7 Å². The van der Waals surface area contributed by atoms with Gasteiger partial charge < -0.3 is 24.6 Å². The first-order valence-electron chi connectivity index (χ1n) is 10.7. The van der Waals surface area contributed by atoms with E-state index in [4.69, 9.17) is 4.74 Å². The molecule has 1 aliphatic heterocycles. The van der Waals surface area contributed by atoms with Gasteiger partial charge in [-0.15, -0.1) is 0 Å². The van der Waals surface area contributed by atoms with Gasteiger partial charge in [0, 0.05) is 31.3 Å². The lowest BCUT2D eigenvalue weighted by Crippen LogP contribution is -2.38. The number of Topliss-reactive ketones (excluding diaryl/α,β-unsaturated/α-hetero) is 1. The number of rotatable bonds is 10. The van der Waals surface area contributed by atoms with Crippen LogP contribution in [0.3, 0.4) is 0 Å². The Balaban J connectivity index is 1.47. The van der Waals surface area contributed by atoms with Crippen molar-refractivity contribution in [1.29, 1.82) is 0 Å². The summed E-state index contributed by atoms with van der Waals surface area (Å²) in [6, 6.07) is 7.64. The highest BCUT2D eigenvalue weighted by Gasteiger charge is 2.46. The van der Waals surface area contributed by atoms with Crippen LogP contribution in [0.5, 0.6) is 0 Å². The molecule has 2 heterocycles. The predicted molar refractivity (Wildman–Crippen MR) is 118 cm³/mol. The number of imidazole rings is 1. The number of nitrogens with zero attached hydrogens (tertiary/aromatic N) is 5. The molecule has 0 radical (unpaired) electrons. The van der Waals surface area contributed by atoms with Crippen LogP contribution in [-0.2, 0) is 37.4 Å². The topological polar surface area (TPSA) is 147 Å². The monoisotopic (exact) mass is 474 g/mol. The number of carbonyl (C=O) groups excluding carboxylic acids is 3. The zero-order valence-electron chi connectivity index (χ0n) is 19.2. The van der Waals surface area contributed by atoms with E-state index < -0.39 is 42.6 Å². The number of aromatic nitrogens is 2. The van der Waals surface area contributed by atoms with Crippen molar-refractivity contribution in [3.8, 4) is 0 Å². The van der Waals surface area contributed by atoms with E-state index >= 15 is 0 Å². The average molecular weight is 474 g/mol. The number of hydrogen-bond acceptors (Lipinski definition) is 10. The van der Waals surface area contributed by atoms with E-state index in [-0.39, 0.29) is 6.42 Å². The van der Waals surface area contributed by atoms with Crippen LogP contribution in [0.2, 0.25) is 0 Å². The van der Waals surface area contributed by atoms with Crippen molar-refractivity contribution in [3.63, 3.8) is 0 Å². The molecule has 1 aromatic carbocycles. The fourth-order valence-electron chi connectivity index (χ4n) is 3.26.